The van der Waals surface area contributed by atoms with Gasteiger partial charge in [0.05, 0.1) is 11.5 Å². The third-order valence-corrected chi connectivity index (χ3v) is 3.58. The third-order valence-electron chi connectivity index (χ3n) is 3.58. The summed E-state index contributed by atoms with van der Waals surface area (Å²) in [4.78, 5) is 0. The highest BCUT2D eigenvalue weighted by Gasteiger charge is 2.38. The van der Waals surface area contributed by atoms with Crippen LogP contribution in [0.5, 0.6) is 0 Å². The van der Waals surface area contributed by atoms with Crippen LogP contribution in [0.1, 0.15) is 46.0 Å². The summed E-state index contributed by atoms with van der Waals surface area (Å²) in [6.07, 6.45) is 5.32. The van der Waals surface area contributed by atoms with Crippen molar-refractivity contribution in [2.45, 2.75) is 46.0 Å². The lowest BCUT2D eigenvalue weighted by atomic mass is 9.64. The summed E-state index contributed by atoms with van der Waals surface area (Å²) in [5.41, 5.74) is 0.346. The van der Waals surface area contributed by atoms with Crippen molar-refractivity contribution in [3.05, 3.63) is 0 Å². The summed E-state index contributed by atoms with van der Waals surface area (Å²) >= 11 is 0. The van der Waals surface area contributed by atoms with Crippen molar-refractivity contribution in [3.63, 3.8) is 0 Å². The van der Waals surface area contributed by atoms with E-state index >= 15 is 0 Å². The van der Waals surface area contributed by atoms with Crippen molar-refractivity contribution < 1.29 is 4.74 Å². The molecule has 0 saturated heterocycles. The monoisotopic (exact) mass is 195 g/mol. The Bertz CT molecular complexity index is 217. The maximum atomic E-state index is 9.23. The first-order valence-corrected chi connectivity index (χ1v) is 5.44. The molecule has 0 bridgehead atoms. The Morgan fingerprint density at radius 1 is 1.21 bits per heavy atom. The van der Waals surface area contributed by atoms with E-state index in [0.29, 0.717) is 12.0 Å². The Labute approximate surface area is 87.3 Å². The Morgan fingerprint density at radius 2 is 1.79 bits per heavy atom. The van der Waals surface area contributed by atoms with Crippen molar-refractivity contribution in [2.24, 2.45) is 10.8 Å². The topological polar surface area (TPSA) is 33.0 Å². The highest BCUT2D eigenvalue weighted by atomic mass is 16.5. The molecule has 0 spiro atoms. The first-order valence-electron chi connectivity index (χ1n) is 5.44. The second kappa shape index (κ2) is 4.31. The Balaban J connectivity index is 2.54. The molecule has 1 fully saturated rings. The number of ether oxygens (including phenoxy) is 1. The zero-order valence-corrected chi connectivity index (χ0v) is 9.60. The molecular formula is C12H21NO. The smallest absolute Gasteiger partial charge is 0.0690 e. The molecule has 0 aromatic carbocycles. The first kappa shape index (κ1) is 11.5. The highest BCUT2D eigenvalue weighted by Crippen LogP contribution is 2.46. The lowest BCUT2D eigenvalue weighted by Gasteiger charge is -2.39. The predicted octanol–water partition coefficient (Wildman–Crippen LogP) is 3.13. The van der Waals surface area contributed by atoms with Gasteiger partial charge in [0.25, 0.3) is 0 Å². The number of hydrogen-bond acceptors (Lipinski definition) is 2. The van der Waals surface area contributed by atoms with E-state index in [1.807, 2.05) is 0 Å². The maximum absolute atomic E-state index is 9.23. The van der Waals surface area contributed by atoms with E-state index in [9.17, 15) is 5.26 Å². The van der Waals surface area contributed by atoms with E-state index in [4.69, 9.17) is 4.74 Å². The lowest BCUT2D eigenvalue weighted by molar-refractivity contribution is 0.0985. The van der Waals surface area contributed by atoms with Crippen LogP contribution < -0.4 is 0 Å². The van der Waals surface area contributed by atoms with Gasteiger partial charge in [-0.3, -0.25) is 0 Å². The Kier molecular flexibility index (Phi) is 3.55. The average Bonchev–Trinajstić information content (AvgIpc) is 2.18. The van der Waals surface area contributed by atoms with Crippen LogP contribution in [-0.4, -0.2) is 13.7 Å². The van der Waals surface area contributed by atoms with E-state index in [-0.39, 0.29) is 5.41 Å². The largest absolute Gasteiger partial charge is 0.385 e. The van der Waals surface area contributed by atoms with Crippen molar-refractivity contribution in [3.8, 4) is 6.07 Å². The third kappa shape index (κ3) is 2.72. The summed E-state index contributed by atoms with van der Waals surface area (Å²) in [6, 6.07) is 2.51. The Hall–Kier alpha value is -0.550. The molecule has 0 unspecified atom stereocenters. The van der Waals surface area contributed by atoms with Gasteiger partial charge >= 0.3 is 0 Å². The normalized spacial score (nSPS) is 24.1. The van der Waals surface area contributed by atoms with Gasteiger partial charge < -0.3 is 4.74 Å². The minimum Gasteiger partial charge on any atom is -0.385 e. The van der Waals surface area contributed by atoms with E-state index in [1.165, 1.54) is 12.8 Å². The zero-order chi connectivity index (χ0) is 10.7. The molecule has 1 saturated carbocycles. The van der Waals surface area contributed by atoms with Crippen molar-refractivity contribution in [1.29, 1.82) is 5.26 Å². The Morgan fingerprint density at radius 3 is 2.21 bits per heavy atom. The maximum Gasteiger partial charge on any atom is 0.0690 e. The number of methoxy groups -OCH3 is 1. The van der Waals surface area contributed by atoms with Gasteiger partial charge in [-0.1, -0.05) is 13.8 Å². The number of rotatable bonds is 3. The van der Waals surface area contributed by atoms with Crippen LogP contribution in [0.25, 0.3) is 0 Å². The zero-order valence-electron chi connectivity index (χ0n) is 9.60. The molecule has 0 radical (unpaired) electrons. The molecule has 0 aromatic rings. The van der Waals surface area contributed by atoms with Gasteiger partial charge in [-0.05, 0) is 37.5 Å². The standard InChI is InChI=1S/C12H21NO/c1-11(2)4-6-12(10-13,7-5-11)8-9-14-3/h4-9H2,1-3H3. The molecule has 0 aliphatic heterocycles. The fraction of sp³-hybridized carbons (Fsp3) is 0.917. The van der Waals surface area contributed by atoms with Crippen molar-refractivity contribution in [1.82, 2.24) is 0 Å². The van der Waals surface area contributed by atoms with Gasteiger partial charge in [0.1, 0.15) is 0 Å². The summed E-state index contributed by atoms with van der Waals surface area (Å²) in [7, 11) is 1.71. The van der Waals surface area contributed by atoms with Crippen LogP contribution in [0, 0.1) is 22.2 Å². The number of hydrogen-bond donors (Lipinski definition) is 0. The quantitative estimate of drug-likeness (QED) is 0.693. The first-order chi connectivity index (χ1) is 6.54. The molecule has 0 aromatic heterocycles. The highest BCUT2D eigenvalue weighted by molar-refractivity contribution is 5.02. The molecule has 2 heteroatoms. The van der Waals surface area contributed by atoms with E-state index in [2.05, 4.69) is 19.9 Å². The molecule has 0 atom stereocenters. The van der Waals surface area contributed by atoms with Gasteiger partial charge in [0, 0.05) is 13.7 Å². The van der Waals surface area contributed by atoms with Crippen LogP contribution in [0.3, 0.4) is 0 Å². The minimum absolute atomic E-state index is 0.0917. The van der Waals surface area contributed by atoms with Gasteiger partial charge in [-0.2, -0.15) is 5.26 Å². The van der Waals surface area contributed by atoms with Crippen LogP contribution >= 0.6 is 0 Å². The summed E-state index contributed by atoms with van der Waals surface area (Å²) in [5, 5.41) is 9.23. The SMILES string of the molecule is COCCC1(C#N)CCC(C)(C)CC1. The van der Waals surface area contributed by atoms with E-state index in [1.54, 1.807) is 7.11 Å². The predicted molar refractivity (Wildman–Crippen MR) is 56.8 cm³/mol. The summed E-state index contributed by atoms with van der Waals surface area (Å²) in [5.74, 6) is 0. The van der Waals surface area contributed by atoms with Gasteiger partial charge in [0.15, 0.2) is 0 Å². The molecule has 1 aliphatic carbocycles. The van der Waals surface area contributed by atoms with Crippen LogP contribution in [0.15, 0.2) is 0 Å². The molecular weight excluding hydrogens is 174 g/mol. The van der Waals surface area contributed by atoms with Gasteiger partial charge in [-0.25, -0.2) is 0 Å². The van der Waals surface area contributed by atoms with Crippen molar-refractivity contribution >= 4 is 0 Å². The molecule has 0 heterocycles. The number of nitriles is 1. The minimum atomic E-state index is -0.0917. The van der Waals surface area contributed by atoms with E-state index < -0.39 is 0 Å². The molecule has 1 rings (SSSR count). The average molecular weight is 195 g/mol. The fourth-order valence-electron chi connectivity index (χ4n) is 2.12. The molecule has 14 heavy (non-hydrogen) atoms. The molecule has 2 nitrogen and oxygen atoms in total. The van der Waals surface area contributed by atoms with Crippen LogP contribution in [-0.2, 0) is 4.74 Å². The second-order valence-electron chi connectivity index (χ2n) is 5.30. The summed E-state index contributed by atoms with van der Waals surface area (Å²) < 4.78 is 5.07. The van der Waals surface area contributed by atoms with E-state index in [0.717, 1.165) is 19.3 Å². The van der Waals surface area contributed by atoms with Crippen molar-refractivity contribution in [2.75, 3.05) is 13.7 Å². The lowest BCUT2D eigenvalue weighted by Crippen LogP contribution is -2.31. The van der Waals surface area contributed by atoms with Gasteiger partial charge in [-0.15, -0.1) is 0 Å². The summed E-state index contributed by atoms with van der Waals surface area (Å²) in [6.45, 7) is 5.31. The van der Waals surface area contributed by atoms with Crippen LogP contribution in [0.4, 0.5) is 0 Å². The molecule has 80 valence electrons. The van der Waals surface area contributed by atoms with Gasteiger partial charge in [0.2, 0.25) is 0 Å². The van der Waals surface area contributed by atoms with Crippen LogP contribution in [0.2, 0.25) is 0 Å². The second-order valence-corrected chi connectivity index (χ2v) is 5.30. The number of nitrogens with zero attached hydrogens (tertiary/aromatic N) is 1. The fourth-order valence-corrected chi connectivity index (χ4v) is 2.12. The molecule has 0 amide bonds. The molecule has 0 N–H and O–H groups in total. The molecule has 1 aliphatic rings.